The van der Waals surface area contributed by atoms with Crippen LogP contribution in [-0.2, 0) is 0 Å². The van der Waals surface area contributed by atoms with Crippen molar-refractivity contribution in [3.8, 4) is 5.75 Å². The highest BCUT2D eigenvalue weighted by Gasteiger charge is 1.96. The second-order valence-corrected chi connectivity index (χ2v) is 6.62. The zero-order valence-electron chi connectivity index (χ0n) is 11.9. The van der Waals surface area contributed by atoms with E-state index in [4.69, 9.17) is 10.5 Å². The van der Waals surface area contributed by atoms with Gasteiger partial charge in [-0.05, 0) is 32.0 Å². The SMILES string of the molecule is CC(C)NC(N)=NCCSCCOc1cccc(Br)c1. The molecule has 0 aromatic heterocycles. The molecule has 1 aromatic rings. The summed E-state index contributed by atoms with van der Waals surface area (Å²) in [5.41, 5.74) is 5.71. The van der Waals surface area contributed by atoms with Crippen LogP contribution in [0.5, 0.6) is 5.75 Å². The lowest BCUT2D eigenvalue weighted by atomic mass is 10.3. The van der Waals surface area contributed by atoms with Crippen molar-refractivity contribution in [3.63, 3.8) is 0 Å². The van der Waals surface area contributed by atoms with E-state index in [0.29, 0.717) is 18.6 Å². The number of nitrogens with one attached hydrogen (secondary N) is 1. The molecule has 6 heteroatoms. The van der Waals surface area contributed by atoms with E-state index >= 15 is 0 Å². The molecule has 0 unspecified atom stereocenters. The van der Waals surface area contributed by atoms with E-state index in [1.54, 1.807) is 0 Å². The summed E-state index contributed by atoms with van der Waals surface area (Å²) in [5.74, 6) is 3.30. The van der Waals surface area contributed by atoms with E-state index in [0.717, 1.165) is 28.3 Å². The molecule has 0 spiro atoms. The predicted molar refractivity (Wildman–Crippen MR) is 91.7 cm³/mol. The molecule has 1 aromatic carbocycles. The standard InChI is InChI=1S/C14H22BrN3OS/c1-11(2)18-14(16)17-6-8-20-9-7-19-13-5-3-4-12(15)10-13/h3-5,10-11H,6-9H2,1-2H3,(H3,16,17,18). The maximum absolute atomic E-state index is 5.71. The van der Waals surface area contributed by atoms with Gasteiger partial charge in [0.05, 0.1) is 13.2 Å². The molecule has 0 heterocycles. The number of nitrogens with two attached hydrogens (primary N) is 1. The van der Waals surface area contributed by atoms with Crippen LogP contribution in [0.4, 0.5) is 0 Å². The Hall–Kier alpha value is -0.880. The van der Waals surface area contributed by atoms with E-state index in [9.17, 15) is 0 Å². The Morgan fingerprint density at radius 2 is 2.25 bits per heavy atom. The molecule has 0 saturated heterocycles. The quantitative estimate of drug-likeness (QED) is 0.425. The Kier molecular flexibility index (Phi) is 8.53. The number of guanidine groups is 1. The van der Waals surface area contributed by atoms with Gasteiger partial charge in [0.15, 0.2) is 5.96 Å². The molecule has 4 nitrogen and oxygen atoms in total. The van der Waals surface area contributed by atoms with E-state index < -0.39 is 0 Å². The third-order valence-electron chi connectivity index (χ3n) is 2.25. The Labute approximate surface area is 133 Å². The number of benzene rings is 1. The minimum atomic E-state index is 0.324. The summed E-state index contributed by atoms with van der Waals surface area (Å²) in [6, 6.07) is 8.19. The first-order valence-corrected chi connectivity index (χ1v) is 8.55. The van der Waals surface area contributed by atoms with Gasteiger partial charge >= 0.3 is 0 Å². The van der Waals surface area contributed by atoms with Crippen molar-refractivity contribution in [2.45, 2.75) is 19.9 Å². The third kappa shape index (κ3) is 8.32. The summed E-state index contributed by atoms with van der Waals surface area (Å²) >= 11 is 5.23. The lowest BCUT2D eigenvalue weighted by Crippen LogP contribution is -2.36. The molecule has 0 radical (unpaired) electrons. The number of aliphatic imine (C=N–C) groups is 1. The van der Waals surface area contributed by atoms with Crippen molar-refractivity contribution in [1.82, 2.24) is 5.32 Å². The van der Waals surface area contributed by atoms with Gasteiger partial charge in [0, 0.05) is 22.0 Å². The molecule has 0 aliphatic rings. The van der Waals surface area contributed by atoms with Crippen molar-refractivity contribution in [2.75, 3.05) is 24.7 Å². The lowest BCUT2D eigenvalue weighted by molar-refractivity contribution is 0.344. The molecule has 0 fully saturated rings. The van der Waals surface area contributed by atoms with Crippen LogP contribution in [0.2, 0.25) is 0 Å². The van der Waals surface area contributed by atoms with E-state index in [2.05, 4.69) is 26.2 Å². The van der Waals surface area contributed by atoms with Crippen molar-refractivity contribution in [3.05, 3.63) is 28.7 Å². The summed E-state index contributed by atoms with van der Waals surface area (Å²) in [4.78, 5) is 4.25. The van der Waals surface area contributed by atoms with Gasteiger partial charge in [-0.2, -0.15) is 11.8 Å². The Bertz CT molecular complexity index is 427. The molecular weight excluding hydrogens is 338 g/mol. The molecular formula is C14H22BrN3OS. The number of hydrogen-bond acceptors (Lipinski definition) is 3. The van der Waals surface area contributed by atoms with E-state index in [1.807, 2.05) is 49.9 Å². The van der Waals surface area contributed by atoms with Crippen LogP contribution in [0.1, 0.15) is 13.8 Å². The maximum Gasteiger partial charge on any atom is 0.188 e. The topological polar surface area (TPSA) is 59.6 Å². The molecule has 3 N–H and O–H groups in total. The fourth-order valence-corrected chi connectivity index (χ4v) is 2.45. The molecule has 0 bridgehead atoms. The van der Waals surface area contributed by atoms with Gasteiger partial charge in [0.25, 0.3) is 0 Å². The number of ether oxygens (including phenoxy) is 1. The Morgan fingerprint density at radius 1 is 1.45 bits per heavy atom. The minimum absolute atomic E-state index is 0.324. The first-order chi connectivity index (χ1) is 9.58. The number of rotatable bonds is 8. The van der Waals surface area contributed by atoms with Gasteiger partial charge in [-0.1, -0.05) is 22.0 Å². The number of hydrogen-bond donors (Lipinski definition) is 2. The van der Waals surface area contributed by atoms with E-state index in [1.165, 1.54) is 0 Å². The largest absolute Gasteiger partial charge is 0.493 e. The van der Waals surface area contributed by atoms with E-state index in [-0.39, 0.29) is 0 Å². The van der Waals surface area contributed by atoms with Crippen LogP contribution < -0.4 is 15.8 Å². The first-order valence-electron chi connectivity index (χ1n) is 6.60. The highest BCUT2D eigenvalue weighted by Crippen LogP contribution is 2.17. The molecule has 0 atom stereocenters. The van der Waals surface area contributed by atoms with Crippen molar-refractivity contribution in [1.29, 1.82) is 0 Å². The second kappa shape index (κ2) is 9.94. The third-order valence-corrected chi connectivity index (χ3v) is 3.67. The van der Waals surface area contributed by atoms with Gasteiger partial charge in [-0.15, -0.1) is 0 Å². The number of halogens is 1. The lowest BCUT2D eigenvalue weighted by Gasteiger charge is -2.08. The molecule has 0 aliphatic heterocycles. The van der Waals surface area contributed by atoms with Gasteiger partial charge in [0.2, 0.25) is 0 Å². The van der Waals surface area contributed by atoms with Gasteiger partial charge < -0.3 is 15.8 Å². The fourth-order valence-electron chi connectivity index (χ4n) is 1.45. The number of thioether (sulfide) groups is 1. The second-order valence-electron chi connectivity index (χ2n) is 4.48. The minimum Gasteiger partial charge on any atom is -0.493 e. The van der Waals surface area contributed by atoms with Crippen LogP contribution >= 0.6 is 27.7 Å². The number of nitrogens with zero attached hydrogens (tertiary/aromatic N) is 1. The molecule has 112 valence electrons. The van der Waals surface area contributed by atoms with Gasteiger partial charge in [-0.25, -0.2) is 0 Å². The normalized spacial score (nSPS) is 11.7. The summed E-state index contributed by atoms with van der Waals surface area (Å²) in [6.07, 6.45) is 0. The zero-order valence-corrected chi connectivity index (χ0v) is 14.3. The van der Waals surface area contributed by atoms with Crippen molar-refractivity contribution in [2.24, 2.45) is 10.7 Å². The first kappa shape index (κ1) is 17.2. The summed E-state index contributed by atoms with van der Waals surface area (Å²) in [5, 5.41) is 3.06. The summed E-state index contributed by atoms with van der Waals surface area (Å²) < 4.78 is 6.68. The van der Waals surface area contributed by atoms with Crippen molar-refractivity contribution >= 4 is 33.7 Å². The van der Waals surface area contributed by atoms with Gasteiger partial charge in [0.1, 0.15) is 5.75 Å². The van der Waals surface area contributed by atoms with Crippen LogP contribution in [0.25, 0.3) is 0 Å². The molecule has 1 rings (SSSR count). The Morgan fingerprint density at radius 3 is 2.95 bits per heavy atom. The Balaban J connectivity index is 2.05. The monoisotopic (exact) mass is 359 g/mol. The molecule has 0 saturated carbocycles. The summed E-state index contributed by atoms with van der Waals surface area (Å²) in [7, 11) is 0. The zero-order chi connectivity index (χ0) is 14.8. The molecule has 0 amide bonds. The van der Waals surface area contributed by atoms with Crippen LogP contribution in [0, 0.1) is 0 Å². The smallest absolute Gasteiger partial charge is 0.188 e. The van der Waals surface area contributed by atoms with Crippen LogP contribution in [-0.4, -0.2) is 36.7 Å². The van der Waals surface area contributed by atoms with Crippen molar-refractivity contribution < 1.29 is 4.74 Å². The predicted octanol–water partition coefficient (Wildman–Crippen LogP) is 2.87. The average molecular weight is 360 g/mol. The molecule has 20 heavy (non-hydrogen) atoms. The van der Waals surface area contributed by atoms with Gasteiger partial charge in [-0.3, -0.25) is 4.99 Å². The van der Waals surface area contributed by atoms with Crippen LogP contribution in [0.3, 0.4) is 0 Å². The van der Waals surface area contributed by atoms with Crippen LogP contribution in [0.15, 0.2) is 33.7 Å². The highest BCUT2D eigenvalue weighted by atomic mass is 79.9. The molecule has 0 aliphatic carbocycles. The maximum atomic E-state index is 5.71. The summed E-state index contributed by atoms with van der Waals surface area (Å²) in [6.45, 7) is 5.50. The fraction of sp³-hybridized carbons (Fsp3) is 0.500. The highest BCUT2D eigenvalue weighted by molar-refractivity contribution is 9.10. The average Bonchev–Trinajstić information content (AvgIpc) is 2.37.